The lowest BCUT2D eigenvalue weighted by Gasteiger charge is -2.12. The zero-order chi connectivity index (χ0) is 22.1. The second-order valence-electron chi connectivity index (χ2n) is 6.41. The molecule has 0 radical (unpaired) electrons. The zero-order valence-corrected chi connectivity index (χ0v) is 16.8. The van der Waals surface area contributed by atoms with Crippen molar-refractivity contribution in [2.24, 2.45) is 4.99 Å². The molecule has 0 aliphatic heterocycles. The largest absolute Gasteiger partial charge is 0.462 e. The lowest BCUT2D eigenvalue weighted by molar-refractivity contribution is 0.0526. The van der Waals surface area contributed by atoms with Crippen LogP contribution in [0.15, 0.2) is 78.0 Å². The van der Waals surface area contributed by atoms with Gasteiger partial charge in [-0.25, -0.2) is 14.2 Å². The minimum Gasteiger partial charge on any atom is -0.462 e. The summed E-state index contributed by atoms with van der Waals surface area (Å²) < 4.78 is 18.4. The summed E-state index contributed by atoms with van der Waals surface area (Å²) in [6, 6.07) is 15.6. The van der Waals surface area contributed by atoms with Gasteiger partial charge in [-0.15, -0.1) is 0 Å². The Bertz CT molecular complexity index is 1070. The van der Waals surface area contributed by atoms with Crippen LogP contribution in [0.3, 0.4) is 0 Å². The van der Waals surface area contributed by atoms with Gasteiger partial charge in [-0.2, -0.15) is 0 Å². The maximum Gasteiger partial charge on any atom is 0.338 e. The minimum absolute atomic E-state index is 0.161. The summed E-state index contributed by atoms with van der Waals surface area (Å²) in [6.07, 6.45) is 3.33. The number of nitrogens with one attached hydrogen (secondary N) is 2. The molecule has 0 aliphatic rings. The second-order valence-corrected chi connectivity index (χ2v) is 6.41. The van der Waals surface area contributed by atoms with Crippen LogP contribution in [-0.2, 0) is 11.3 Å². The number of halogens is 1. The Morgan fingerprint density at radius 1 is 1.06 bits per heavy atom. The molecule has 2 aromatic carbocycles. The number of hydrogen-bond donors (Lipinski definition) is 2. The number of ether oxygens (including phenoxy) is 1. The Balaban J connectivity index is 1.78. The highest BCUT2D eigenvalue weighted by atomic mass is 19.1. The van der Waals surface area contributed by atoms with E-state index < -0.39 is 17.7 Å². The van der Waals surface area contributed by atoms with Crippen molar-refractivity contribution < 1.29 is 18.7 Å². The molecule has 31 heavy (non-hydrogen) atoms. The summed E-state index contributed by atoms with van der Waals surface area (Å²) in [5, 5.41) is 5.67. The second kappa shape index (κ2) is 10.6. The van der Waals surface area contributed by atoms with Gasteiger partial charge in [0, 0.05) is 23.6 Å². The molecule has 3 aromatic rings. The molecular weight excluding hydrogens is 399 g/mol. The van der Waals surface area contributed by atoms with Crippen LogP contribution in [0, 0.1) is 5.82 Å². The van der Waals surface area contributed by atoms with E-state index in [1.807, 2.05) is 6.07 Å². The van der Waals surface area contributed by atoms with Gasteiger partial charge >= 0.3 is 5.97 Å². The Morgan fingerprint density at radius 2 is 1.87 bits per heavy atom. The van der Waals surface area contributed by atoms with Crippen molar-refractivity contribution in [2.75, 3.05) is 11.9 Å². The highest BCUT2D eigenvalue weighted by molar-refractivity contribution is 6.10. The van der Waals surface area contributed by atoms with Crippen LogP contribution >= 0.6 is 0 Å². The summed E-state index contributed by atoms with van der Waals surface area (Å²) >= 11 is 0. The molecule has 1 aromatic heterocycles. The predicted octanol–water partition coefficient (Wildman–Crippen LogP) is 3.80. The number of pyridine rings is 1. The number of nitrogens with zero attached hydrogens (tertiary/aromatic N) is 2. The number of carbonyl (C=O) groups is 2. The first-order valence-corrected chi connectivity index (χ1v) is 9.59. The first-order valence-electron chi connectivity index (χ1n) is 9.59. The van der Waals surface area contributed by atoms with E-state index in [4.69, 9.17) is 4.74 Å². The fourth-order valence-corrected chi connectivity index (χ4v) is 2.62. The van der Waals surface area contributed by atoms with Gasteiger partial charge in [-0.1, -0.05) is 12.1 Å². The molecule has 8 heteroatoms. The third kappa shape index (κ3) is 6.46. The van der Waals surface area contributed by atoms with E-state index in [1.54, 1.807) is 49.6 Å². The molecule has 0 saturated heterocycles. The van der Waals surface area contributed by atoms with E-state index in [2.05, 4.69) is 20.6 Å². The van der Waals surface area contributed by atoms with Crippen molar-refractivity contribution in [3.05, 3.63) is 95.6 Å². The molecule has 0 unspecified atom stereocenters. The van der Waals surface area contributed by atoms with E-state index in [0.717, 1.165) is 11.6 Å². The third-order valence-corrected chi connectivity index (χ3v) is 4.12. The SMILES string of the molecule is CCOC(=O)c1ccc(NC(=NCc2cccnc2)NC(=O)c2cccc(F)c2)cc1. The van der Waals surface area contributed by atoms with Gasteiger partial charge in [-0.3, -0.25) is 15.1 Å². The van der Waals surface area contributed by atoms with Crippen LogP contribution in [0.4, 0.5) is 10.1 Å². The smallest absolute Gasteiger partial charge is 0.338 e. The summed E-state index contributed by atoms with van der Waals surface area (Å²) in [5.41, 5.74) is 2.01. The van der Waals surface area contributed by atoms with E-state index in [0.29, 0.717) is 11.3 Å². The molecule has 0 bridgehead atoms. The average Bonchev–Trinajstić information content (AvgIpc) is 2.79. The van der Waals surface area contributed by atoms with Crippen LogP contribution in [0.1, 0.15) is 33.2 Å². The number of carbonyl (C=O) groups excluding carboxylic acids is 2. The van der Waals surface area contributed by atoms with Crippen LogP contribution in [0.2, 0.25) is 0 Å². The van der Waals surface area contributed by atoms with Crippen molar-refractivity contribution >= 4 is 23.5 Å². The normalized spacial score (nSPS) is 11.0. The topological polar surface area (TPSA) is 92.7 Å². The standard InChI is InChI=1S/C23H21FN4O3/c1-2-31-22(30)17-8-10-20(11-9-17)27-23(26-15-16-5-4-12-25-14-16)28-21(29)18-6-3-7-19(24)13-18/h3-14H,2,15H2,1H3,(H2,26,27,28,29). The average molecular weight is 420 g/mol. The minimum atomic E-state index is -0.514. The zero-order valence-electron chi connectivity index (χ0n) is 16.8. The van der Waals surface area contributed by atoms with E-state index in [1.165, 1.54) is 18.2 Å². The molecule has 0 saturated carbocycles. The number of rotatable bonds is 6. The fraction of sp³-hybridized carbons (Fsp3) is 0.130. The van der Waals surface area contributed by atoms with Crippen molar-refractivity contribution in [1.82, 2.24) is 10.3 Å². The number of benzene rings is 2. The number of esters is 1. The van der Waals surface area contributed by atoms with Gasteiger partial charge in [0.15, 0.2) is 0 Å². The Morgan fingerprint density at radius 3 is 2.55 bits per heavy atom. The van der Waals surface area contributed by atoms with Crippen LogP contribution in [0.25, 0.3) is 0 Å². The van der Waals surface area contributed by atoms with Gasteiger partial charge in [0.1, 0.15) is 5.82 Å². The maximum absolute atomic E-state index is 13.5. The predicted molar refractivity (Wildman–Crippen MR) is 115 cm³/mol. The molecule has 0 spiro atoms. The molecule has 0 fully saturated rings. The molecule has 1 heterocycles. The summed E-state index contributed by atoms with van der Waals surface area (Å²) in [6.45, 7) is 2.29. The quantitative estimate of drug-likeness (QED) is 0.360. The van der Waals surface area contributed by atoms with Gasteiger partial charge in [-0.05, 0) is 61.0 Å². The van der Waals surface area contributed by atoms with Crippen molar-refractivity contribution in [2.45, 2.75) is 13.5 Å². The van der Waals surface area contributed by atoms with Gasteiger partial charge in [0.25, 0.3) is 5.91 Å². The lowest BCUT2D eigenvalue weighted by atomic mass is 10.2. The lowest BCUT2D eigenvalue weighted by Crippen LogP contribution is -2.36. The molecule has 7 nitrogen and oxygen atoms in total. The highest BCUT2D eigenvalue weighted by Crippen LogP contribution is 2.11. The molecule has 158 valence electrons. The number of amides is 1. The van der Waals surface area contributed by atoms with E-state index in [9.17, 15) is 14.0 Å². The summed E-state index contributed by atoms with van der Waals surface area (Å²) in [4.78, 5) is 32.8. The first-order chi connectivity index (χ1) is 15.0. The number of aromatic nitrogens is 1. The molecule has 3 rings (SSSR count). The number of aliphatic imine (C=N–C) groups is 1. The molecule has 0 atom stereocenters. The maximum atomic E-state index is 13.5. The first kappa shape index (κ1) is 21.6. The van der Waals surface area contributed by atoms with Crippen molar-refractivity contribution in [1.29, 1.82) is 0 Å². The Labute approximate surface area is 179 Å². The van der Waals surface area contributed by atoms with Gasteiger partial charge < -0.3 is 10.1 Å². The van der Waals surface area contributed by atoms with Crippen LogP contribution in [0.5, 0.6) is 0 Å². The fourth-order valence-electron chi connectivity index (χ4n) is 2.62. The third-order valence-electron chi connectivity index (χ3n) is 4.12. The molecular formula is C23H21FN4O3. The van der Waals surface area contributed by atoms with Crippen molar-refractivity contribution in [3.8, 4) is 0 Å². The highest BCUT2D eigenvalue weighted by Gasteiger charge is 2.11. The number of hydrogen-bond acceptors (Lipinski definition) is 5. The van der Waals surface area contributed by atoms with E-state index >= 15 is 0 Å². The van der Waals surface area contributed by atoms with E-state index in [-0.39, 0.29) is 24.7 Å². The van der Waals surface area contributed by atoms with Crippen LogP contribution in [-0.4, -0.2) is 29.4 Å². The van der Waals surface area contributed by atoms with Crippen LogP contribution < -0.4 is 10.6 Å². The number of guanidine groups is 1. The molecule has 0 aliphatic carbocycles. The molecule has 1 amide bonds. The molecule has 2 N–H and O–H groups in total. The summed E-state index contributed by atoms with van der Waals surface area (Å²) in [7, 11) is 0. The van der Waals surface area contributed by atoms with Crippen molar-refractivity contribution in [3.63, 3.8) is 0 Å². The Kier molecular flexibility index (Phi) is 7.42. The monoisotopic (exact) mass is 420 g/mol. The Hall–Kier alpha value is -4.07. The summed E-state index contributed by atoms with van der Waals surface area (Å²) in [5.74, 6) is -1.27. The number of anilines is 1. The van der Waals surface area contributed by atoms with Gasteiger partial charge in [0.2, 0.25) is 5.96 Å². The van der Waals surface area contributed by atoms with Gasteiger partial charge in [0.05, 0.1) is 18.7 Å².